The number of fused-ring (bicyclic) bond motifs is 6. The maximum Gasteiger partial charge on any atom is 0.237 e. The molecule has 3 heterocycles. The highest BCUT2D eigenvalue weighted by atomic mass is 32.1. The third-order valence-corrected chi connectivity index (χ3v) is 11.4. The molecule has 0 bridgehead atoms. The van der Waals surface area contributed by atoms with Crippen LogP contribution in [0.2, 0.25) is 0 Å². The van der Waals surface area contributed by atoms with Crippen LogP contribution in [0.1, 0.15) is 53.0 Å². The van der Waals surface area contributed by atoms with E-state index in [2.05, 4.69) is 4.98 Å². The Balaban J connectivity index is 1.27. The smallest absolute Gasteiger partial charge is 0.237 e. The van der Waals surface area contributed by atoms with E-state index in [1.807, 2.05) is 13.8 Å². The second-order valence-electron chi connectivity index (χ2n) is 10.5. The van der Waals surface area contributed by atoms with Crippen molar-refractivity contribution in [1.29, 1.82) is 0 Å². The van der Waals surface area contributed by atoms with Crippen LogP contribution in [-0.4, -0.2) is 33.1 Å². The molecule has 6 aromatic rings. The molecule has 0 N–H and O–H groups in total. The van der Waals surface area contributed by atoms with Gasteiger partial charge < -0.3 is 0 Å². The fraction of sp³-hybridized carbons (Fsp3) is 0.0625. The van der Waals surface area contributed by atoms with E-state index in [0.29, 0.717) is 32.5 Å². The summed E-state index contributed by atoms with van der Waals surface area (Å²) in [5, 5.41) is 1.63. The third kappa shape index (κ3) is 3.84. The summed E-state index contributed by atoms with van der Waals surface area (Å²) in [6, 6.07) is 3.05. The van der Waals surface area contributed by atoms with Crippen molar-refractivity contribution >= 4 is 110 Å². The summed E-state index contributed by atoms with van der Waals surface area (Å²) in [5.74, 6) is -7.97. The van der Waals surface area contributed by atoms with Crippen molar-refractivity contribution in [3.05, 3.63) is 90.9 Å². The number of hydrogen-bond acceptors (Lipinski definition) is 9. The molecule has 0 unspecified atom stereocenters. The SMILES string of the molecule is Cc1c2nc(/C=C3\C(=O)C(=O)c4c(F)cc(F)cc43)sc2c(C)c2c1sc1nc(/C=C3\C(=O)C(=O)c4c(F)cc(F)cc43)sc12. The van der Waals surface area contributed by atoms with Crippen LogP contribution in [0, 0.1) is 37.1 Å². The lowest BCUT2D eigenvalue weighted by Gasteiger charge is -2.03. The molecule has 13 heteroatoms. The number of benzene rings is 3. The minimum absolute atomic E-state index is 0.110. The predicted octanol–water partition coefficient (Wildman–Crippen LogP) is 7.91. The molecule has 2 aliphatic carbocycles. The molecule has 220 valence electrons. The van der Waals surface area contributed by atoms with Gasteiger partial charge in [0.2, 0.25) is 23.1 Å². The molecule has 0 saturated carbocycles. The fourth-order valence-electron chi connectivity index (χ4n) is 5.88. The van der Waals surface area contributed by atoms with Gasteiger partial charge in [0.1, 0.15) is 38.1 Å². The van der Waals surface area contributed by atoms with Gasteiger partial charge in [-0.1, -0.05) is 0 Å². The van der Waals surface area contributed by atoms with Crippen LogP contribution in [0.25, 0.3) is 53.1 Å². The second kappa shape index (κ2) is 9.39. The Morgan fingerprint density at radius 1 is 0.600 bits per heavy atom. The van der Waals surface area contributed by atoms with Gasteiger partial charge in [-0.3, -0.25) is 19.2 Å². The van der Waals surface area contributed by atoms with Gasteiger partial charge in [0.05, 0.1) is 26.0 Å². The van der Waals surface area contributed by atoms with Crippen molar-refractivity contribution in [1.82, 2.24) is 9.97 Å². The normalized spacial score (nSPS) is 16.5. The maximum absolute atomic E-state index is 14.3. The number of thiazole rings is 2. The second-order valence-corrected chi connectivity index (χ2v) is 13.6. The van der Waals surface area contributed by atoms with Gasteiger partial charge in [0.15, 0.2) is 0 Å². The lowest BCUT2D eigenvalue weighted by Crippen LogP contribution is -2.07. The standard InChI is InChI=1S/C32H12F4N2O4S3/c1-9-21-29(45-32-31(21)44-20(38-32)8-16-14-4-12(34)6-18(36)23(14)28(42)26(16)40)10(2)24-30(9)43-19(37-24)7-15-13-3-11(33)5-17(35)22(13)27(41)25(15)39/h3-8H,1-2H3/b15-7-,16-8-. The monoisotopic (exact) mass is 660 g/mol. The quantitative estimate of drug-likeness (QED) is 0.107. The van der Waals surface area contributed by atoms with Crippen LogP contribution in [0.15, 0.2) is 24.3 Å². The minimum atomic E-state index is -1.10. The molecule has 3 aromatic heterocycles. The zero-order valence-electron chi connectivity index (χ0n) is 22.7. The molecular weight excluding hydrogens is 649 g/mol. The first-order chi connectivity index (χ1) is 21.4. The molecule has 0 atom stereocenters. The summed E-state index contributed by atoms with van der Waals surface area (Å²) in [6.45, 7) is 3.78. The molecule has 8 rings (SSSR count). The number of ketones is 4. The Morgan fingerprint density at radius 3 is 1.67 bits per heavy atom. The number of halogens is 4. The summed E-state index contributed by atoms with van der Waals surface area (Å²) in [5.41, 5.74) is 0.960. The Kier molecular flexibility index (Phi) is 5.80. The number of Topliss-reactive ketones (excluding diaryl/α,β-unsaturated/α-hetero) is 4. The van der Waals surface area contributed by atoms with E-state index in [9.17, 15) is 36.7 Å². The zero-order chi connectivity index (χ0) is 31.6. The number of hydrogen-bond donors (Lipinski definition) is 0. The number of allylic oxidation sites excluding steroid dienone is 2. The molecule has 0 amide bonds. The first-order valence-electron chi connectivity index (χ1n) is 13.2. The molecule has 0 radical (unpaired) electrons. The summed E-state index contributed by atoms with van der Waals surface area (Å²) < 4.78 is 59.1. The largest absolute Gasteiger partial charge is 0.285 e. The average Bonchev–Trinajstić information content (AvgIpc) is 3.75. The van der Waals surface area contributed by atoms with E-state index in [1.165, 1.54) is 46.2 Å². The van der Waals surface area contributed by atoms with E-state index in [1.54, 1.807) is 0 Å². The highest BCUT2D eigenvalue weighted by Gasteiger charge is 2.38. The Morgan fingerprint density at radius 2 is 1.11 bits per heavy atom. The van der Waals surface area contributed by atoms with Crippen LogP contribution in [0.4, 0.5) is 17.6 Å². The van der Waals surface area contributed by atoms with Crippen molar-refractivity contribution in [2.45, 2.75) is 13.8 Å². The Bertz CT molecular complexity index is 2540. The number of nitrogens with zero attached hydrogens (tertiary/aromatic N) is 2. The molecule has 45 heavy (non-hydrogen) atoms. The Labute approximate surface area is 261 Å². The van der Waals surface area contributed by atoms with Crippen LogP contribution < -0.4 is 0 Å². The number of thiophene rings is 1. The van der Waals surface area contributed by atoms with Crippen LogP contribution in [-0.2, 0) is 9.59 Å². The van der Waals surface area contributed by atoms with Crippen molar-refractivity contribution < 1.29 is 36.7 Å². The topological polar surface area (TPSA) is 94.1 Å². The number of rotatable bonds is 2. The van der Waals surface area contributed by atoms with Gasteiger partial charge in [-0.15, -0.1) is 34.0 Å². The molecular formula is C32H12F4N2O4S3. The van der Waals surface area contributed by atoms with Gasteiger partial charge in [0, 0.05) is 44.5 Å². The zero-order valence-corrected chi connectivity index (χ0v) is 25.2. The van der Waals surface area contributed by atoms with Gasteiger partial charge in [-0.05, 0) is 49.3 Å². The molecule has 0 fully saturated rings. The maximum atomic E-state index is 14.3. The molecule has 6 nitrogen and oxygen atoms in total. The van der Waals surface area contributed by atoms with Gasteiger partial charge in [-0.25, -0.2) is 27.5 Å². The van der Waals surface area contributed by atoms with Crippen molar-refractivity contribution in [3.63, 3.8) is 0 Å². The van der Waals surface area contributed by atoms with Crippen molar-refractivity contribution in [2.75, 3.05) is 0 Å². The van der Waals surface area contributed by atoms with E-state index in [4.69, 9.17) is 4.98 Å². The summed E-state index contributed by atoms with van der Waals surface area (Å²) in [6.07, 6.45) is 2.74. The van der Waals surface area contributed by atoms with E-state index in [-0.39, 0.29) is 22.3 Å². The van der Waals surface area contributed by atoms with Crippen molar-refractivity contribution in [3.8, 4) is 0 Å². The van der Waals surface area contributed by atoms with E-state index in [0.717, 1.165) is 42.7 Å². The van der Waals surface area contributed by atoms with Gasteiger partial charge >= 0.3 is 0 Å². The molecule has 0 saturated heterocycles. The fourth-order valence-corrected chi connectivity index (χ4v) is 9.48. The summed E-state index contributed by atoms with van der Waals surface area (Å²) >= 11 is 3.90. The van der Waals surface area contributed by atoms with E-state index >= 15 is 0 Å². The van der Waals surface area contributed by atoms with Crippen molar-refractivity contribution in [2.24, 2.45) is 0 Å². The van der Waals surface area contributed by atoms with Gasteiger partial charge in [0.25, 0.3) is 0 Å². The minimum Gasteiger partial charge on any atom is -0.285 e. The molecule has 2 aliphatic rings. The van der Waals surface area contributed by atoms with E-state index < -0.39 is 57.5 Å². The molecule has 0 spiro atoms. The lowest BCUT2D eigenvalue weighted by molar-refractivity contribution is -0.110. The number of carbonyl (C=O) groups is 4. The average molecular weight is 661 g/mol. The summed E-state index contributed by atoms with van der Waals surface area (Å²) in [4.78, 5) is 60.3. The number of aromatic nitrogens is 2. The Hall–Kier alpha value is -4.72. The van der Waals surface area contributed by atoms with Crippen LogP contribution in [0.5, 0.6) is 0 Å². The third-order valence-electron chi connectivity index (χ3n) is 7.90. The first-order valence-corrected chi connectivity index (χ1v) is 15.6. The highest BCUT2D eigenvalue weighted by molar-refractivity contribution is 7.32. The molecule has 0 aliphatic heterocycles. The first kappa shape index (κ1) is 27.8. The lowest BCUT2D eigenvalue weighted by atomic mass is 10.1. The summed E-state index contributed by atoms with van der Waals surface area (Å²) in [7, 11) is 0. The van der Waals surface area contributed by atoms with Gasteiger partial charge in [-0.2, -0.15) is 0 Å². The predicted molar refractivity (Wildman–Crippen MR) is 165 cm³/mol. The number of aryl methyl sites for hydroxylation is 2. The van der Waals surface area contributed by atoms with Crippen LogP contribution >= 0.6 is 34.0 Å². The highest BCUT2D eigenvalue weighted by Crippen LogP contribution is 2.46. The molecule has 3 aromatic carbocycles. The number of carbonyl (C=O) groups excluding carboxylic acids is 4. The van der Waals surface area contributed by atoms with Crippen LogP contribution in [0.3, 0.4) is 0 Å².